The molecule has 0 saturated carbocycles. The van der Waals surface area contributed by atoms with Gasteiger partial charge in [0.15, 0.2) is 0 Å². The fourth-order valence-corrected chi connectivity index (χ4v) is 2.18. The third-order valence-electron chi connectivity index (χ3n) is 3.35. The van der Waals surface area contributed by atoms with Crippen LogP contribution in [-0.4, -0.2) is 23.9 Å². The Morgan fingerprint density at radius 1 is 1.44 bits per heavy atom. The van der Waals surface area contributed by atoms with Crippen LogP contribution in [0.2, 0.25) is 0 Å². The van der Waals surface area contributed by atoms with E-state index in [4.69, 9.17) is 5.84 Å². The van der Waals surface area contributed by atoms with Gasteiger partial charge in [-0.25, -0.2) is 5.84 Å². The second-order valence-corrected chi connectivity index (χ2v) is 5.40. The van der Waals surface area contributed by atoms with E-state index in [0.717, 1.165) is 11.0 Å². The highest BCUT2D eigenvalue weighted by atomic mass is 79.9. The number of nitrogens with zero attached hydrogens (tertiary/aromatic N) is 1. The Kier molecular flexibility index (Phi) is 5.78. The fourth-order valence-electron chi connectivity index (χ4n) is 1.77. The van der Waals surface area contributed by atoms with E-state index >= 15 is 0 Å². The van der Waals surface area contributed by atoms with Crippen LogP contribution in [0.25, 0.3) is 0 Å². The van der Waals surface area contributed by atoms with Crippen molar-refractivity contribution in [3.63, 3.8) is 0 Å². The minimum atomic E-state index is -0.150. The lowest BCUT2D eigenvalue weighted by Crippen LogP contribution is -2.44. The molecule has 0 aliphatic rings. The van der Waals surface area contributed by atoms with Gasteiger partial charge in [0, 0.05) is 17.1 Å². The van der Waals surface area contributed by atoms with Crippen molar-refractivity contribution in [3.05, 3.63) is 34.3 Å². The summed E-state index contributed by atoms with van der Waals surface area (Å²) in [4.78, 5) is 13.6. The molecule has 0 fully saturated rings. The zero-order valence-corrected chi connectivity index (χ0v) is 12.6. The normalized spacial score (nSPS) is 14.3. The molecule has 1 amide bonds. The van der Waals surface area contributed by atoms with Gasteiger partial charge in [0.1, 0.15) is 0 Å². The van der Waals surface area contributed by atoms with Crippen LogP contribution >= 0.6 is 15.9 Å². The summed E-state index contributed by atoms with van der Waals surface area (Å²) in [6.45, 7) is 4.69. The summed E-state index contributed by atoms with van der Waals surface area (Å²) in [5.41, 5.74) is 3.40. The van der Waals surface area contributed by atoms with Crippen LogP contribution in [0.4, 0.5) is 0 Å². The maximum absolute atomic E-state index is 11.5. The molecule has 4 nitrogen and oxygen atoms in total. The molecule has 1 aromatic rings. The number of hydrogen-bond donors (Lipinski definition) is 2. The largest absolute Gasteiger partial charge is 0.299 e. The van der Waals surface area contributed by atoms with Crippen LogP contribution in [0.3, 0.4) is 0 Å². The maximum atomic E-state index is 11.5. The average Bonchev–Trinajstić information content (AvgIpc) is 2.38. The number of rotatable bonds is 5. The molecular formula is C13H20BrN3O. The predicted molar refractivity (Wildman–Crippen MR) is 76.6 cm³/mol. The van der Waals surface area contributed by atoms with E-state index in [9.17, 15) is 4.79 Å². The van der Waals surface area contributed by atoms with Crippen LogP contribution in [0.5, 0.6) is 0 Å². The number of nitrogens with one attached hydrogen (secondary N) is 1. The van der Waals surface area contributed by atoms with Crippen molar-refractivity contribution in [2.45, 2.75) is 26.4 Å². The molecule has 0 aliphatic carbocycles. The Morgan fingerprint density at radius 2 is 2.06 bits per heavy atom. The molecule has 0 radical (unpaired) electrons. The Hall–Kier alpha value is -0.910. The molecule has 2 atom stereocenters. The number of carbonyl (C=O) groups excluding carboxylic acids is 1. The molecule has 0 aliphatic heterocycles. The van der Waals surface area contributed by atoms with Crippen LogP contribution in [0, 0.1) is 5.92 Å². The van der Waals surface area contributed by atoms with Gasteiger partial charge in [-0.1, -0.05) is 41.1 Å². The molecule has 100 valence electrons. The molecule has 0 heterocycles. The molecular weight excluding hydrogens is 294 g/mol. The lowest BCUT2D eigenvalue weighted by atomic mass is 10.0. The fraction of sp³-hybridized carbons (Fsp3) is 0.462. The van der Waals surface area contributed by atoms with E-state index < -0.39 is 0 Å². The number of amides is 1. The van der Waals surface area contributed by atoms with Gasteiger partial charge in [-0.3, -0.25) is 15.1 Å². The first-order valence-corrected chi connectivity index (χ1v) is 6.70. The van der Waals surface area contributed by atoms with Gasteiger partial charge in [0.2, 0.25) is 5.91 Å². The number of nitrogens with two attached hydrogens (primary N) is 1. The summed E-state index contributed by atoms with van der Waals surface area (Å²) in [5.74, 6) is 4.87. The summed E-state index contributed by atoms with van der Waals surface area (Å²) in [6.07, 6.45) is 0. The summed E-state index contributed by atoms with van der Waals surface area (Å²) < 4.78 is 1.08. The van der Waals surface area contributed by atoms with E-state index in [-0.39, 0.29) is 17.9 Å². The van der Waals surface area contributed by atoms with Crippen LogP contribution < -0.4 is 11.3 Å². The van der Waals surface area contributed by atoms with Crippen molar-refractivity contribution < 1.29 is 4.79 Å². The maximum Gasteiger partial charge on any atom is 0.238 e. The third kappa shape index (κ3) is 3.80. The van der Waals surface area contributed by atoms with Gasteiger partial charge >= 0.3 is 0 Å². The van der Waals surface area contributed by atoms with Gasteiger partial charge in [-0.05, 0) is 25.6 Å². The number of hydrazine groups is 1. The quantitative estimate of drug-likeness (QED) is 0.496. The first kappa shape index (κ1) is 15.1. The Bertz CT molecular complexity index is 411. The molecule has 5 heteroatoms. The van der Waals surface area contributed by atoms with Crippen molar-refractivity contribution in [1.82, 2.24) is 10.3 Å². The number of halogens is 1. The SMILES string of the molecule is CC(C(=O)NN)C(C)N(C)Cc1ccccc1Br. The molecule has 1 rings (SSSR count). The van der Waals surface area contributed by atoms with Gasteiger partial charge in [-0.2, -0.15) is 0 Å². The summed E-state index contributed by atoms with van der Waals surface area (Å²) in [5, 5.41) is 0. The second kappa shape index (κ2) is 6.87. The highest BCUT2D eigenvalue weighted by Crippen LogP contribution is 2.19. The lowest BCUT2D eigenvalue weighted by molar-refractivity contribution is -0.126. The number of carbonyl (C=O) groups is 1. The lowest BCUT2D eigenvalue weighted by Gasteiger charge is -2.29. The molecule has 0 spiro atoms. The van der Waals surface area contributed by atoms with Crippen molar-refractivity contribution >= 4 is 21.8 Å². The van der Waals surface area contributed by atoms with Gasteiger partial charge in [0.25, 0.3) is 0 Å². The highest BCUT2D eigenvalue weighted by molar-refractivity contribution is 9.10. The summed E-state index contributed by atoms with van der Waals surface area (Å²) in [6, 6.07) is 8.20. The minimum absolute atomic E-state index is 0.112. The molecule has 0 bridgehead atoms. The molecule has 1 aromatic carbocycles. The van der Waals surface area contributed by atoms with E-state index in [0.29, 0.717) is 0 Å². The van der Waals surface area contributed by atoms with E-state index in [1.807, 2.05) is 39.1 Å². The smallest absolute Gasteiger partial charge is 0.238 e. The molecule has 0 aromatic heterocycles. The summed E-state index contributed by atoms with van der Waals surface area (Å²) >= 11 is 3.53. The summed E-state index contributed by atoms with van der Waals surface area (Å²) in [7, 11) is 2.00. The first-order valence-electron chi connectivity index (χ1n) is 5.91. The molecule has 18 heavy (non-hydrogen) atoms. The Morgan fingerprint density at radius 3 is 2.61 bits per heavy atom. The standard InChI is InChI=1S/C13H20BrN3O/c1-9(13(18)16-15)10(2)17(3)8-11-6-4-5-7-12(11)14/h4-7,9-10H,8,15H2,1-3H3,(H,16,18). The molecule has 0 saturated heterocycles. The Labute approximate surface area is 117 Å². The zero-order chi connectivity index (χ0) is 13.7. The van der Waals surface area contributed by atoms with E-state index in [1.165, 1.54) is 5.56 Å². The van der Waals surface area contributed by atoms with Gasteiger partial charge in [-0.15, -0.1) is 0 Å². The third-order valence-corrected chi connectivity index (χ3v) is 4.13. The number of hydrogen-bond acceptors (Lipinski definition) is 3. The van der Waals surface area contributed by atoms with E-state index in [2.05, 4.69) is 32.3 Å². The first-order chi connectivity index (χ1) is 8.47. The van der Waals surface area contributed by atoms with E-state index in [1.54, 1.807) is 0 Å². The highest BCUT2D eigenvalue weighted by Gasteiger charge is 2.23. The second-order valence-electron chi connectivity index (χ2n) is 4.54. The monoisotopic (exact) mass is 313 g/mol. The van der Waals surface area contributed by atoms with Crippen molar-refractivity contribution in [1.29, 1.82) is 0 Å². The van der Waals surface area contributed by atoms with Crippen LogP contribution in [-0.2, 0) is 11.3 Å². The van der Waals surface area contributed by atoms with Crippen LogP contribution in [0.1, 0.15) is 19.4 Å². The van der Waals surface area contributed by atoms with Crippen molar-refractivity contribution in [2.75, 3.05) is 7.05 Å². The number of benzene rings is 1. The molecule has 3 N–H and O–H groups in total. The van der Waals surface area contributed by atoms with Gasteiger partial charge < -0.3 is 0 Å². The predicted octanol–water partition coefficient (Wildman–Crippen LogP) is 1.90. The average molecular weight is 314 g/mol. The minimum Gasteiger partial charge on any atom is -0.299 e. The Balaban J connectivity index is 2.68. The molecule has 2 unspecified atom stereocenters. The van der Waals surface area contributed by atoms with Crippen LogP contribution in [0.15, 0.2) is 28.7 Å². The topological polar surface area (TPSA) is 58.4 Å². The van der Waals surface area contributed by atoms with Crippen molar-refractivity contribution in [2.24, 2.45) is 11.8 Å². The zero-order valence-electron chi connectivity index (χ0n) is 11.0. The van der Waals surface area contributed by atoms with Gasteiger partial charge in [0.05, 0.1) is 5.92 Å². The van der Waals surface area contributed by atoms with Crippen molar-refractivity contribution in [3.8, 4) is 0 Å².